The lowest BCUT2D eigenvalue weighted by atomic mass is 10.1. The van der Waals surface area contributed by atoms with Crippen LogP contribution in [0.2, 0.25) is 5.02 Å². The monoisotopic (exact) mass is 328 g/mol. The van der Waals surface area contributed by atoms with Crippen molar-refractivity contribution in [3.05, 3.63) is 62.8 Å². The maximum atomic E-state index is 9.37. The highest BCUT2D eigenvalue weighted by Gasteiger charge is 2.09. The fraction of sp³-hybridized carbons (Fsp3) is 0. The van der Waals surface area contributed by atoms with Crippen LogP contribution in [0.25, 0.3) is 22.2 Å². The van der Waals surface area contributed by atoms with Gasteiger partial charge in [-0.15, -0.1) is 22.7 Å². The Morgan fingerprint density at radius 1 is 1.24 bits per heavy atom. The standard InChI is InChI=1S/C16H9ClN2S2/c17-13-4-1-3-11(8-13)7-12(9-18)16-19-14(10-21-16)15-5-2-6-20-15/h1-8,10H/b12-7-. The van der Waals surface area contributed by atoms with Crippen molar-refractivity contribution in [2.24, 2.45) is 0 Å². The van der Waals surface area contributed by atoms with E-state index in [1.807, 2.05) is 53.2 Å². The Balaban J connectivity index is 1.96. The predicted octanol–water partition coefficient (Wildman–Crippen LogP) is 5.59. The third kappa shape index (κ3) is 3.22. The van der Waals surface area contributed by atoms with E-state index < -0.39 is 0 Å². The number of nitrogens with zero attached hydrogens (tertiary/aromatic N) is 2. The van der Waals surface area contributed by atoms with E-state index in [0.29, 0.717) is 10.6 Å². The van der Waals surface area contributed by atoms with Crippen LogP contribution >= 0.6 is 34.3 Å². The summed E-state index contributed by atoms with van der Waals surface area (Å²) in [5.41, 5.74) is 2.36. The molecule has 2 aromatic heterocycles. The van der Waals surface area contributed by atoms with Gasteiger partial charge in [-0.3, -0.25) is 0 Å². The van der Waals surface area contributed by atoms with E-state index in [2.05, 4.69) is 11.1 Å². The van der Waals surface area contributed by atoms with E-state index in [9.17, 15) is 5.26 Å². The normalized spacial score (nSPS) is 11.3. The Hall–Kier alpha value is -1.93. The summed E-state index contributed by atoms with van der Waals surface area (Å²) in [5, 5.41) is 14.7. The second-order valence-corrected chi connectivity index (χ2v) is 6.48. The van der Waals surface area contributed by atoms with Gasteiger partial charge in [0.05, 0.1) is 16.1 Å². The molecule has 2 heterocycles. The zero-order valence-electron chi connectivity index (χ0n) is 10.8. The van der Waals surface area contributed by atoms with Crippen molar-refractivity contribution in [2.45, 2.75) is 0 Å². The minimum atomic E-state index is 0.546. The first-order valence-electron chi connectivity index (χ1n) is 6.13. The van der Waals surface area contributed by atoms with Gasteiger partial charge in [0, 0.05) is 10.4 Å². The summed E-state index contributed by atoms with van der Waals surface area (Å²) in [7, 11) is 0. The molecule has 0 atom stereocenters. The topological polar surface area (TPSA) is 36.7 Å². The van der Waals surface area contributed by atoms with Crippen LogP contribution in [-0.2, 0) is 0 Å². The predicted molar refractivity (Wildman–Crippen MR) is 90.4 cm³/mol. The van der Waals surface area contributed by atoms with E-state index in [4.69, 9.17) is 11.6 Å². The molecule has 0 saturated heterocycles. The number of benzene rings is 1. The molecule has 3 aromatic rings. The molecule has 0 aliphatic rings. The molecule has 0 aliphatic carbocycles. The summed E-state index contributed by atoms with van der Waals surface area (Å²) in [4.78, 5) is 5.66. The second-order valence-electron chi connectivity index (χ2n) is 4.24. The molecular weight excluding hydrogens is 320 g/mol. The molecule has 0 aliphatic heterocycles. The molecule has 3 rings (SSSR count). The highest BCUT2D eigenvalue weighted by atomic mass is 35.5. The second kappa shape index (κ2) is 6.23. The van der Waals surface area contributed by atoms with Gasteiger partial charge < -0.3 is 0 Å². The first kappa shape index (κ1) is 14.0. The minimum Gasteiger partial charge on any atom is -0.234 e. The average molecular weight is 329 g/mol. The number of halogens is 1. The van der Waals surface area contributed by atoms with Gasteiger partial charge in [-0.05, 0) is 35.2 Å². The number of allylic oxidation sites excluding steroid dienone is 1. The number of hydrogen-bond donors (Lipinski definition) is 0. The maximum absolute atomic E-state index is 9.37. The fourth-order valence-corrected chi connectivity index (χ4v) is 3.58. The smallest absolute Gasteiger partial charge is 0.134 e. The number of nitriles is 1. The Morgan fingerprint density at radius 2 is 2.14 bits per heavy atom. The zero-order chi connectivity index (χ0) is 14.7. The van der Waals surface area contributed by atoms with Crippen LogP contribution in [0.4, 0.5) is 0 Å². The van der Waals surface area contributed by atoms with Crippen molar-refractivity contribution >= 4 is 45.9 Å². The van der Waals surface area contributed by atoms with Crippen molar-refractivity contribution < 1.29 is 0 Å². The molecule has 0 N–H and O–H groups in total. The van der Waals surface area contributed by atoms with Crippen LogP contribution in [0.15, 0.2) is 47.2 Å². The van der Waals surface area contributed by atoms with Crippen molar-refractivity contribution in [1.82, 2.24) is 4.98 Å². The molecule has 21 heavy (non-hydrogen) atoms. The van der Waals surface area contributed by atoms with E-state index in [-0.39, 0.29) is 0 Å². The molecule has 1 aromatic carbocycles. The highest BCUT2D eigenvalue weighted by Crippen LogP contribution is 2.29. The van der Waals surface area contributed by atoms with Crippen molar-refractivity contribution in [3.8, 4) is 16.6 Å². The summed E-state index contributed by atoms with van der Waals surface area (Å²) < 4.78 is 0. The molecule has 0 spiro atoms. The first-order valence-corrected chi connectivity index (χ1v) is 8.27. The summed E-state index contributed by atoms with van der Waals surface area (Å²) in [6.07, 6.45) is 1.81. The summed E-state index contributed by atoms with van der Waals surface area (Å²) in [6.45, 7) is 0. The van der Waals surface area contributed by atoms with Gasteiger partial charge >= 0.3 is 0 Å². The van der Waals surface area contributed by atoms with Gasteiger partial charge in [0.15, 0.2) is 0 Å². The lowest BCUT2D eigenvalue weighted by Crippen LogP contribution is -1.81. The van der Waals surface area contributed by atoms with Gasteiger partial charge in [-0.2, -0.15) is 5.26 Å². The lowest BCUT2D eigenvalue weighted by molar-refractivity contribution is 1.38. The van der Waals surface area contributed by atoms with Crippen molar-refractivity contribution in [2.75, 3.05) is 0 Å². The molecule has 0 fully saturated rings. The van der Waals surface area contributed by atoms with Crippen molar-refractivity contribution in [3.63, 3.8) is 0 Å². The Kier molecular flexibility index (Phi) is 4.16. The number of thiazole rings is 1. The quantitative estimate of drug-likeness (QED) is 0.588. The Morgan fingerprint density at radius 3 is 2.86 bits per heavy atom. The Bertz CT molecular complexity index is 826. The van der Waals surface area contributed by atoms with Gasteiger partial charge in [-0.1, -0.05) is 29.8 Å². The Labute approximate surface area is 135 Å². The largest absolute Gasteiger partial charge is 0.234 e. The van der Waals surface area contributed by atoms with E-state index in [1.54, 1.807) is 11.3 Å². The van der Waals surface area contributed by atoms with E-state index in [1.165, 1.54) is 11.3 Å². The third-order valence-electron chi connectivity index (χ3n) is 2.79. The van der Waals surface area contributed by atoms with Crippen molar-refractivity contribution in [1.29, 1.82) is 5.26 Å². The lowest BCUT2D eigenvalue weighted by Gasteiger charge is -1.96. The van der Waals surface area contributed by atoms with Crippen LogP contribution in [0.3, 0.4) is 0 Å². The third-order valence-corrected chi connectivity index (χ3v) is 4.79. The van der Waals surface area contributed by atoms with Crippen LogP contribution in [-0.4, -0.2) is 4.98 Å². The molecule has 0 saturated carbocycles. The van der Waals surface area contributed by atoms with Gasteiger partial charge in [-0.25, -0.2) is 4.98 Å². The molecule has 5 heteroatoms. The summed E-state index contributed by atoms with van der Waals surface area (Å²) >= 11 is 9.08. The molecule has 102 valence electrons. The number of rotatable bonds is 3. The van der Waals surface area contributed by atoms with Gasteiger partial charge in [0.1, 0.15) is 11.1 Å². The van der Waals surface area contributed by atoms with E-state index in [0.717, 1.165) is 21.1 Å². The molecule has 0 bridgehead atoms. The van der Waals surface area contributed by atoms with Gasteiger partial charge in [0.2, 0.25) is 0 Å². The van der Waals surface area contributed by atoms with E-state index >= 15 is 0 Å². The van der Waals surface area contributed by atoms with Crippen LogP contribution in [0.5, 0.6) is 0 Å². The maximum Gasteiger partial charge on any atom is 0.134 e. The first-order chi connectivity index (χ1) is 10.3. The molecule has 0 radical (unpaired) electrons. The molecule has 2 nitrogen and oxygen atoms in total. The number of thiophene rings is 1. The molecular formula is C16H9ClN2S2. The summed E-state index contributed by atoms with van der Waals surface area (Å²) in [6, 6.07) is 13.6. The fourth-order valence-electron chi connectivity index (χ4n) is 1.84. The van der Waals surface area contributed by atoms with Crippen LogP contribution in [0.1, 0.15) is 10.6 Å². The summed E-state index contributed by atoms with van der Waals surface area (Å²) in [5.74, 6) is 0. The highest BCUT2D eigenvalue weighted by molar-refractivity contribution is 7.14. The van der Waals surface area contributed by atoms with Crippen LogP contribution < -0.4 is 0 Å². The molecule has 0 amide bonds. The van der Waals surface area contributed by atoms with Crippen LogP contribution in [0, 0.1) is 11.3 Å². The molecule has 0 unspecified atom stereocenters. The minimum absolute atomic E-state index is 0.546. The van der Waals surface area contributed by atoms with Gasteiger partial charge in [0.25, 0.3) is 0 Å². The zero-order valence-corrected chi connectivity index (χ0v) is 13.2. The number of hydrogen-bond acceptors (Lipinski definition) is 4. The average Bonchev–Trinajstić information content (AvgIpc) is 3.15. The number of aromatic nitrogens is 1. The SMILES string of the molecule is N#C/C(=C/c1cccc(Cl)c1)c1nc(-c2cccs2)cs1.